The van der Waals surface area contributed by atoms with Crippen molar-refractivity contribution in [2.45, 2.75) is 38.1 Å². The highest BCUT2D eigenvalue weighted by molar-refractivity contribution is 5.26. The van der Waals surface area contributed by atoms with Gasteiger partial charge in [-0.3, -0.25) is 0 Å². The third-order valence-corrected chi connectivity index (χ3v) is 4.09. The van der Waals surface area contributed by atoms with Gasteiger partial charge in [0, 0.05) is 5.54 Å². The van der Waals surface area contributed by atoms with Gasteiger partial charge in [0.1, 0.15) is 5.82 Å². The minimum absolute atomic E-state index is 0.0274. The van der Waals surface area contributed by atoms with E-state index in [1.165, 1.54) is 25.3 Å². The summed E-state index contributed by atoms with van der Waals surface area (Å²) in [4.78, 5) is 0. The van der Waals surface area contributed by atoms with Gasteiger partial charge in [-0.15, -0.1) is 0 Å². The van der Waals surface area contributed by atoms with E-state index in [9.17, 15) is 4.39 Å². The van der Waals surface area contributed by atoms with Crippen LogP contribution in [0.25, 0.3) is 0 Å². The van der Waals surface area contributed by atoms with Crippen molar-refractivity contribution in [1.29, 1.82) is 0 Å². The highest BCUT2D eigenvalue weighted by Gasteiger charge is 2.38. The molecule has 0 heterocycles. The van der Waals surface area contributed by atoms with Crippen molar-refractivity contribution in [2.75, 3.05) is 7.05 Å². The molecule has 1 aliphatic carbocycles. The van der Waals surface area contributed by atoms with Crippen molar-refractivity contribution in [3.63, 3.8) is 0 Å². The zero-order valence-electron chi connectivity index (χ0n) is 10.1. The molecule has 2 heteroatoms. The lowest BCUT2D eigenvalue weighted by Crippen LogP contribution is -2.47. The normalized spacial score (nSPS) is 30.3. The summed E-state index contributed by atoms with van der Waals surface area (Å²) in [5.41, 5.74) is 1.07. The molecule has 2 rings (SSSR count). The van der Waals surface area contributed by atoms with Gasteiger partial charge in [-0.05, 0) is 43.5 Å². The molecule has 1 unspecified atom stereocenters. The number of rotatable bonds is 2. The smallest absolute Gasteiger partial charge is 0.123 e. The summed E-state index contributed by atoms with van der Waals surface area (Å²) in [5, 5.41) is 3.44. The molecular weight excluding hydrogens is 201 g/mol. The van der Waals surface area contributed by atoms with Gasteiger partial charge < -0.3 is 5.32 Å². The Morgan fingerprint density at radius 2 is 2.19 bits per heavy atom. The molecule has 1 N–H and O–H groups in total. The predicted octanol–water partition coefficient (Wildman–Crippen LogP) is 3.45. The largest absolute Gasteiger partial charge is 0.310 e. The van der Waals surface area contributed by atoms with Crippen molar-refractivity contribution in [3.8, 4) is 0 Å². The van der Waals surface area contributed by atoms with Gasteiger partial charge in [-0.25, -0.2) is 4.39 Å². The first-order valence-electron chi connectivity index (χ1n) is 6.14. The van der Waals surface area contributed by atoms with E-state index in [4.69, 9.17) is 0 Å². The fourth-order valence-electron chi connectivity index (χ4n) is 3.06. The van der Waals surface area contributed by atoms with Crippen molar-refractivity contribution < 1.29 is 4.39 Å². The molecule has 0 radical (unpaired) electrons. The SMILES string of the molecule is CN[C@@]1(c2cccc(F)c2)CCCCC1C. The fraction of sp³-hybridized carbons (Fsp3) is 0.571. The van der Waals surface area contributed by atoms with Crippen molar-refractivity contribution >= 4 is 0 Å². The number of benzene rings is 1. The predicted molar refractivity (Wildman–Crippen MR) is 64.8 cm³/mol. The summed E-state index contributed by atoms with van der Waals surface area (Å²) < 4.78 is 13.3. The lowest BCUT2D eigenvalue weighted by atomic mass is 9.70. The van der Waals surface area contributed by atoms with E-state index in [0.717, 1.165) is 12.0 Å². The van der Waals surface area contributed by atoms with E-state index < -0.39 is 0 Å². The van der Waals surface area contributed by atoms with Crippen LogP contribution in [0.3, 0.4) is 0 Å². The first kappa shape index (κ1) is 11.6. The third-order valence-electron chi connectivity index (χ3n) is 4.09. The molecule has 1 aliphatic rings. The summed E-state index contributed by atoms with van der Waals surface area (Å²) in [6.07, 6.45) is 4.84. The average molecular weight is 221 g/mol. The van der Waals surface area contributed by atoms with Gasteiger partial charge in [-0.2, -0.15) is 0 Å². The van der Waals surface area contributed by atoms with Gasteiger partial charge in [-0.1, -0.05) is 31.9 Å². The second-order valence-electron chi connectivity index (χ2n) is 4.88. The lowest BCUT2D eigenvalue weighted by molar-refractivity contribution is 0.165. The minimum Gasteiger partial charge on any atom is -0.310 e. The van der Waals surface area contributed by atoms with Crippen LogP contribution in [0.5, 0.6) is 0 Å². The Bertz CT molecular complexity index is 364. The van der Waals surface area contributed by atoms with Crippen LogP contribution in [-0.2, 0) is 5.54 Å². The van der Waals surface area contributed by atoms with E-state index in [-0.39, 0.29) is 11.4 Å². The number of halogens is 1. The maximum absolute atomic E-state index is 13.3. The van der Waals surface area contributed by atoms with Gasteiger partial charge >= 0.3 is 0 Å². The molecule has 0 bridgehead atoms. The van der Waals surface area contributed by atoms with Crippen LogP contribution < -0.4 is 5.32 Å². The Morgan fingerprint density at radius 3 is 2.81 bits per heavy atom. The Labute approximate surface area is 97.1 Å². The zero-order valence-corrected chi connectivity index (χ0v) is 10.1. The van der Waals surface area contributed by atoms with Gasteiger partial charge in [0.15, 0.2) is 0 Å². The highest BCUT2D eigenvalue weighted by Crippen LogP contribution is 2.41. The molecule has 0 aliphatic heterocycles. The quantitative estimate of drug-likeness (QED) is 0.806. The molecule has 1 saturated carbocycles. The summed E-state index contributed by atoms with van der Waals surface area (Å²) in [5.74, 6) is 0.429. The molecule has 2 atom stereocenters. The average Bonchev–Trinajstić information content (AvgIpc) is 2.30. The van der Waals surface area contributed by atoms with Crippen LogP contribution in [-0.4, -0.2) is 7.05 Å². The van der Waals surface area contributed by atoms with Gasteiger partial charge in [0.05, 0.1) is 0 Å². The lowest BCUT2D eigenvalue weighted by Gasteiger charge is -2.43. The highest BCUT2D eigenvalue weighted by atomic mass is 19.1. The minimum atomic E-state index is -0.134. The molecule has 88 valence electrons. The van der Waals surface area contributed by atoms with Gasteiger partial charge in [0.25, 0.3) is 0 Å². The summed E-state index contributed by atoms with van der Waals surface area (Å²) in [6, 6.07) is 7.05. The van der Waals surface area contributed by atoms with Crippen molar-refractivity contribution in [2.24, 2.45) is 5.92 Å². The Morgan fingerprint density at radius 1 is 1.38 bits per heavy atom. The number of nitrogens with one attached hydrogen (secondary N) is 1. The number of hydrogen-bond acceptors (Lipinski definition) is 1. The van der Waals surface area contributed by atoms with Crippen LogP contribution in [0.15, 0.2) is 24.3 Å². The Balaban J connectivity index is 2.40. The first-order valence-corrected chi connectivity index (χ1v) is 6.14. The third kappa shape index (κ3) is 1.86. The molecule has 1 fully saturated rings. The molecule has 0 amide bonds. The van der Waals surface area contributed by atoms with Gasteiger partial charge in [0.2, 0.25) is 0 Å². The second kappa shape index (κ2) is 4.54. The van der Waals surface area contributed by atoms with Crippen LogP contribution in [0, 0.1) is 11.7 Å². The molecule has 1 aromatic carbocycles. The molecule has 1 nitrogen and oxygen atoms in total. The summed E-state index contributed by atoms with van der Waals surface area (Å²) >= 11 is 0. The summed E-state index contributed by atoms with van der Waals surface area (Å²) in [6.45, 7) is 2.26. The van der Waals surface area contributed by atoms with E-state index >= 15 is 0 Å². The topological polar surface area (TPSA) is 12.0 Å². The molecule has 16 heavy (non-hydrogen) atoms. The van der Waals surface area contributed by atoms with Crippen molar-refractivity contribution in [1.82, 2.24) is 5.32 Å². The molecule has 0 aromatic heterocycles. The maximum atomic E-state index is 13.3. The molecule has 1 aromatic rings. The first-order chi connectivity index (χ1) is 7.69. The Kier molecular flexibility index (Phi) is 3.29. The molecule has 0 spiro atoms. The molecular formula is C14H20FN. The van der Waals surface area contributed by atoms with Crippen LogP contribution in [0.2, 0.25) is 0 Å². The Hall–Kier alpha value is -0.890. The van der Waals surface area contributed by atoms with E-state index in [1.807, 2.05) is 19.2 Å². The molecule has 0 saturated heterocycles. The van der Waals surface area contributed by atoms with Crippen LogP contribution in [0.1, 0.15) is 38.2 Å². The van der Waals surface area contributed by atoms with E-state index in [1.54, 1.807) is 6.07 Å². The standard InChI is InChI=1S/C14H20FN/c1-11-6-3-4-9-14(11,16-2)12-7-5-8-13(15)10-12/h5,7-8,10-11,16H,3-4,6,9H2,1-2H3/t11?,14-/m0/s1. The maximum Gasteiger partial charge on any atom is 0.123 e. The van der Waals surface area contributed by atoms with Crippen LogP contribution in [0.4, 0.5) is 4.39 Å². The van der Waals surface area contributed by atoms with Crippen LogP contribution >= 0.6 is 0 Å². The van der Waals surface area contributed by atoms with Crippen molar-refractivity contribution in [3.05, 3.63) is 35.6 Å². The van der Waals surface area contributed by atoms with E-state index in [0.29, 0.717) is 5.92 Å². The van der Waals surface area contributed by atoms with E-state index in [2.05, 4.69) is 12.2 Å². The fourth-order valence-corrected chi connectivity index (χ4v) is 3.06. The zero-order chi connectivity index (χ0) is 11.6. The second-order valence-corrected chi connectivity index (χ2v) is 4.88. The summed E-state index contributed by atoms with van der Waals surface area (Å²) in [7, 11) is 1.99. The monoisotopic (exact) mass is 221 g/mol. The number of hydrogen-bond donors (Lipinski definition) is 1.